The first-order chi connectivity index (χ1) is 7.11. The van der Waals surface area contributed by atoms with Crippen LogP contribution >= 0.6 is 0 Å². The lowest BCUT2D eigenvalue weighted by molar-refractivity contribution is -0.300. The Labute approximate surface area is 83.1 Å². The second kappa shape index (κ2) is 5.01. The van der Waals surface area contributed by atoms with Crippen molar-refractivity contribution < 1.29 is 31.3 Å². The molecule has 6 nitrogen and oxygen atoms in total. The van der Waals surface area contributed by atoms with E-state index in [4.69, 9.17) is 16.0 Å². The molecule has 0 aliphatic carbocycles. The van der Waals surface area contributed by atoms with E-state index in [1.54, 1.807) is 0 Å². The lowest BCUT2D eigenvalue weighted by Crippen LogP contribution is -2.59. The van der Waals surface area contributed by atoms with Crippen LogP contribution in [0.25, 0.3) is 0 Å². The standard InChI is InChI=1S/C8H16O6/c1-2-13-8-7(12)6(11)5(10)4(3-9)14-8/h4-12H,2-3H2,1H3/t4-,5+,6+,7-,8?/m1/s1/i1D. The monoisotopic (exact) mass is 209 g/mol. The van der Waals surface area contributed by atoms with Gasteiger partial charge in [-0.25, -0.2) is 0 Å². The molecule has 0 radical (unpaired) electrons. The Bertz CT molecular complexity index is 190. The van der Waals surface area contributed by atoms with Crippen LogP contribution in [0.2, 0.25) is 0 Å². The van der Waals surface area contributed by atoms with Gasteiger partial charge in [-0.1, -0.05) is 0 Å². The van der Waals surface area contributed by atoms with Gasteiger partial charge < -0.3 is 29.9 Å². The summed E-state index contributed by atoms with van der Waals surface area (Å²) in [5.41, 5.74) is 0. The summed E-state index contributed by atoms with van der Waals surface area (Å²) in [5.74, 6) is 0. The SMILES string of the molecule is [2H]CCOC1O[C@H](CO)[C@H](O)[C@H](O)[C@H]1O. The molecule has 0 spiro atoms. The molecule has 1 aliphatic heterocycles. The predicted octanol–water partition coefficient (Wildman–Crippen LogP) is -2.18. The number of hydrogen-bond donors (Lipinski definition) is 4. The fourth-order valence-corrected chi connectivity index (χ4v) is 1.32. The lowest BCUT2D eigenvalue weighted by Gasteiger charge is -2.39. The van der Waals surface area contributed by atoms with Crippen LogP contribution in [0.5, 0.6) is 0 Å². The first-order valence-electron chi connectivity index (χ1n) is 5.04. The highest BCUT2D eigenvalue weighted by molar-refractivity contribution is 4.88. The van der Waals surface area contributed by atoms with E-state index in [9.17, 15) is 15.3 Å². The highest BCUT2D eigenvalue weighted by Crippen LogP contribution is 2.21. The summed E-state index contributed by atoms with van der Waals surface area (Å²) >= 11 is 0. The number of aliphatic hydroxyl groups is 4. The van der Waals surface area contributed by atoms with Crippen molar-refractivity contribution in [3.05, 3.63) is 0 Å². The van der Waals surface area contributed by atoms with E-state index in [0.29, 0.717) is 0 Å². The molecule has 6 heteroatoms. The predicted molar refractivity (Wildman–Crippen MR) is 45.4 cm³/mol. The van der Waals surface area contributed by atoms with Crippen molar-refractivity contribution in [1.82, 2.24) is 0 Å². The van der Waals surface area contributed by atoms with E-state index in [1.165, 1.54) is 0 Å². The molecule has 0 bridgehead atoms. The van der Waals surface area contributed by atoms with E-state index in [0.717, 1.165) is 0 Å². The van der Waals surface area contributed by atoms with Gasteiger partial charge in [0.1, 0.15) is 24.4 Å². The van der Waals surface area contributed by atoms with Crippen molar-refractivity contribution in [3.63, 3.8) is 0 Å². The molecule has 0 saturated carbocycles. The average Bonchev–Trinajstić information content (AvgIpc) is 2.25. The van der Waals surface area contributed by atoms with Gasteiger partial charge in [-0.15, -0.1) is 0 Å². The molecular weight excluding hydrogens is 192 g/mol. The van der Waals surface area contributed by atoms with E-state index >= 15 is 0 Å². The molecule has 0 aromatic carbocycles. The Balaban J connectivity index is 2.57. The molecule has 4 N–H and O–H groups in total. The lowest BCUT2D eigenvalue weighted by atomic mass is 9.99. The fourth-order valence-electron chi connectivity index (χ4n) is 1.32. The van der Waals surface area contributed by atoms with Gasteiger partial charge in [0.05, 0.1) is 6.61 Å². The summed E-state index contributed by atoms with van der Waals surface area (Å²) in [6.45, 7) is -0.441. The molecule has 1 aliphatic rings. The Hall–Kier alpha value is -0.240. The molecule has 0 aromatic heterocycles. The molecule has 1 unspecified atom stereocenters. The quantitative estimate of drug-likeness (QED) is 0.422. The van der Waals surface area contributed by atoms with Crippen molar-refractivity contribution in [2.45, 2.75) is 37.6 Å². The number of aliphatic hydroxyl groups excluding tert-OH is 4. The van der Waals surface area contributed by atoms with Crippen molar-refractivity contribution in [1.29, 1.82) is 0 Å². The molecule has 14 heavy (non-hydrogen) atoms. The maximum Gasteiger partial charge on any atom is 0.186 e. The highest BCUT2D eigenvalue weighted by atomic mass is 16.7. The molecule has 84 valence electrons. The molecule has 1 rings (SSSR count). The fraction of sp³-hybridized carbons (Fsp3) is 1.00. The maximum atomic E-state index is 9.44. The van der Waals surface area contributed by atoms with E-state index in [1.807, 2.05) is 0 Å². The summed E-state index contributed by atoms with van der Waals surface area (Å²) in [6.07, 6.45) is -6.26. The number of hydrogen-bond acceptors (Lipinski definition) is 6. The van der Waals surface area contributed by atoms with Crippen molar-refractivity contribution in [3.8, 4) is 0 Å². The average molecular weight is 209 g/mol. The molecule has 1 heterocycles. The van der Waals surface area contributed by atoms with Crippen molar-refractivity contribution in [2.24, 2.45) is 0 Å². The number of rotatable bonds is 3. The minimum atomic E-state index is -1.42. The normalized spacial score (nSPS) is 44.9. The van der Waals surface area contributed by atoms with Gasteiger partial charge in [-0.05, 0) is 6.90 Å². The third-order valence-electron chi connectivity index (χ3n) is 2.13. The Morgan fingerprint density at radius 3 is 2.57 bits per heavy atom. The Morgan fingerprint density at radius 2 is 2.00 bits per heavy atom. The maximum absolute atomic E-state index is 9.44. The zero-order valence-electron chi connectivity index (χ0n) is 8.61. The minimum absolute atomic E-state index is 0.00494. The summed E-state index contributed by atoms with van der Waals surface area (Å²) in [5, 5.41) is 37.0. The zero-order valence-corrected chi connectivity index (χ0v) is 7.61. The largest absolute Gasteiger partial charge is 0.394 e. The van der Waals surface area contributed by atoms with Crippen LogP contribution in [-0.2, 0) is 9.47 Å². The van der Waals surface area contributed by atoms with Crippen LogP contribution in [0.15, 0.2) is 0 Å². The van der Waals surface area contributed by atoms with Crippen LogP contribution in [-0.4, -0.2) is 64.3 Å². The molecule has 0 amide bonds. The smallest absolute Gasteiger partial charge is 0.186 e. The van der Waals surface area contributed by atoms with Crippen LogP contribution in [0.3, 0.4) is 0 Å². The topological polar surface area (TPSA) is 99.4 Å². The van der Waals surface area contributed by atoms with Crippen LogP contribution < -0.4 is 0 Å². The van der Waals surface area contributed by atoms with Gasteiger partial charge in [0.25, 0.3) is 0 Å². The van der Waals surface area contributed by atoms with Crippen LogP contribution in [0.4, 0.5) is 0 Å². The van der Waals surface area contributed by atoms with Crippen LogP contribution in [0.1, 0.15) is 8.27 Å². The third-order valence-corrected chi connectivity index (χ3v) is 2.13. The van der Waals surface area contributed by atoms with Crippen LogP contribution in [0, 0.1) is 0 Å². The van der Waals surface area contributed by atoms with Gasteiger partial charge in [0, 0.05) is 7.98 Å². The van der Waals surface area contributed by atoms with Gasteiger partial charge in [0.2, 0.25) is 0 Å². The van der Waals surface area contributed by atoms with E-state index in [2.05, 4.69) is 0 Å². The Kier molecular flexibility index (Phi) is 3.68. The summed E-state index contributed by atoms with van der Waals surface area (Å²) in [4.78, 5) is 0. The van der Waals surface area contributed by atoms with Gasteiger partial charge in [-0.3, -0.25) is 0 Å². The summed E-state index contributed by atoms with van der Waals surface area (Å²) in [6, 6.07) is 0. The highest BCUT2D eigenvalue weighted by Gasteiger charge is 2.43. The third kappa shape index (κ3) is 2.22. The van der Waals surface area contributed by atoms with E-state index < -0.39 is 37.3 Å². The van der Waals surface area contributed by atoms with E-state index in [-0.39, 0.29) is 13.5 Å². The van der Waals surface area contributed by atoms with Gasteiger partial charge in [0.15, 0.2) is 6.29 Å². The molecule has 5 atom stereocenters. The first-order valence-corrected chi connectivity index (χ1v) is 4.33. The molecule has 1 saturated heterocycles. The molecular formula is C8H16O6. The van der Waals surface area contributed by atoms with Gasteiger partial charge in [-0.2, -0.15) is 0 Å². The van der Waals surface area contributed by atoms with Gasteiger partial charge >= 0.3 is 0 Å². The second-order valence-electron chi connectivity index (χ2n) is 3.07. The molecule has 0 aromatic rings. The molecule has 1 fully saturated rings. The zero-order chi connectivity index (χ0) is 11.4. The first kappa shape index (κ1) is 10.3. The second-order valence-corrected chi connectivity index (χ2v) is 3.07. The summed E-state index contributed by atoms with van der Waals surface area (Å²) in [7, 11) is 0. The number of ether oxygens (including phenoxy) is 2. The van der Waals surface area contributed by atoms with Crippen molar-refractivity contribution >= 4 is 0 Å². The van der Waals surface area contributed by atoms with Crippen molar-refractivity contribution in [2.75, 3.05) is 13.2 Å². The summed E-state index contributed by atoms with van der Waals surface area (Å²) < 4.78 is 16.8. The minimum Gasteiger partial charge on any atom is -0.394 e. The Morgan fingerprint density at radius 1 is 1.29 bits per heavy atom.